The van der Waals surface area contributed by atoms with Gasteiger partial charge in [-0.1, -0.05) is 18.5 Å². The number of amides is 1. The van der Waals surface area contributed by atoms with Gasteiger partial charge in [0.2, 0.25) is 0 Å². The highest BCUT2D eigenvalue weighted by molar-refractivity contribution is 6.36. The van der Waals surface area contributed by atoms with E-state index in [0.29, 0.717) is 5.02 Å². The highest BCUT2D eigenvalue weighted by atomic mass is 35.5. The molecule has 1 N–H and O–H groups in total. The summed E-state index contributed by atoms with van der Waals surface area (Å²) in [5.74, 6) is 0.139. The van der Waals surface area contributed by atoms with E-state index in [1.165, 1.54) is 6.20 Å². The number of nitrogens with one attached hydrogen (secondary N) is 1. The molecule has 0 aliphatic carbocycles. The van der Waals surface area contributed by atoms with E-state index < -0.39 is 6.16 Å². The SMILES string of the molecule is CCc1ccncc1-c1cc(Cl)c2cnc(NC(=O)F)cc2c1. The monoisotopic (exact) mass is 329 g/mol. The lowest BCUT2D eigenvalue weighted by atomic mass is 9.98. The topological polar surface area (TPSA) is 54.9 Å². The van der Waals surface area contributed by atoms with Crippen LogP contribution >= 0.6 is 11.6 Å². The van der Waals surface area contributed by atoms with E-state index in [4.69, 9.17) is 11.6 Å². The third-order valence-electron chi connectivity index (χ3n) is 3.62. The Morgan fingerprint density at radius 3 is 2.87 bits per heavy atom. The van der Waals surface area contributed by atoms with Crippen molar-refractivity contribution >= 4 is 34.4 Å². The summed E-state index contributed by atoms with van der Waals surface area (Å²) in [6.45, 7) is 2.07. The van der Waals surface area contributed by atoms with Gasteiger partial charge in [0.05, 0.1) is 5.02 Å². The van der Waals surface area contributed by atoms with Gasteiger partial charge in [0.25, 0.3) is 0 Å². The van der Waals surface area contributed by atoms with Gasteiger partial charge in [0.15, 0.2) is 0 Å². The van der Waals surface area contributed by atoms with Gasteiger partial charge < -0.3 is 0 Å². The average molecular weight is 330 g/mol. The van der Waals surface area contributed by atoms with E-state index in [1.807, 2.05) is 23.5 Å². The molecule has 0 fully saturated rings. The average Bonchev–Trinajstić information content (AvgIpc) is 2.53. The molecular weight excluding hydrogens is 317 g/mol. The molecule has 116 valence electrons. The maximum atomic E-state index is 12.5. The number of anilines is 1. The lowest BCUT2D eigenvalue weighted by molar-refractivity contribution is 0.234. The highest BCUT2D eigenvalue weighted by Crippen LogP contribution is 2.32. The molecule has 0 saturated carbocycles. The third-order valence-corrected chi connectivity index (χ3v) is 3.93. The third kappa shape index (κ3) is 3.14. The molecule has 3 aromatic rings. The Kier molecular flexibility index (Phi) is 4.21. The van der Waals surface area contributed by atoms with Crippen molar-refractivity contribution in [1.29, 1.82) is 0 Å². The Hall–Kier alpha value is -2.53. The molecule has 0 spiro atoms. The van der Waals surface area contributed by atoms with Gasteiger partial charge >= 0.3 is 6.16 Å². The molecular formula is C17H13ClFN3O. The van der Waals surface area contributed by atoms with Crippen LogP contribution in [0.3, 0.4) is 0 Å². The summed E-state index contributed by atoms with van der Waals surface area (Å²) in [4.78, 5) is 18.7. The number of halogens is 2. The van der Waals surface area contributed by atoms with Gasteiger partial charge in [-0.15, -0.1) is 4.39 Å². The number of rotatable bonds is 3. The second-order valence-electron chi connectivity index (χ2n) is 5.03. The van der Waals surface area contributed by atoms with Gasteiger partial charge in [-0.25, -0.2) is 9.78 Å². The summed E-state index contributed by atoms with van der Waals surface area (Å²) < 4.78 is 12.5. The standard InChI is InChI=1S/C17H13ClFN3O/c1-2-10-3-4-20-8-13(10)11-5-12-7-16(22-17(19)23)21-9-14(12)15(18)6-11/h3-9H,2H2,1H3,(H,21,22,23). The molecule has 23 heavy (non-hydrogen) atoms. The molecule has 0 unspecified atom stereocenters. The van der Waals surface area contributed by atoms with Crippen molar-refractivity contribution in [2.75, 3.05) is 5.32 Å². The zero-order valence-corrected chi connectivity index (χ0v) is 13.1. The summed E-state index contributed by atoms with van der Waals surface area (Å²) >= 11 is 6.34. The second kappa shape index (κ2) is 6.30. The van der Waals surface area contributed by atoms with Crippen molar-refractivity contribution in [3.8, 4) is 11.1 Å². The lowest BCUT2D eigenvalue weighted by Gasteiger charge is -2.10. The number of aryl methyl sites for hydroxylation is 1. The van der Waals surface area contributed by atoms with Crippen LogP contribution in [0.5, 0.6) is 0 Å². The Bertz CT molecular complexity index is 898. The van der Waals surface area contributed by atoms with Crippen LogP contribution < -0.4 is 5.32 Å². The molecule has 2 heterocycles. The molecule has 1 amide bonds. The predicted molar refractivity (Wildman–Crippen MR) is 89.5 cm³/mol. The van der Waals surface area contributed by atoms with Crippen molar-refractivity contribution < 1.29 is 9.18 Å². The molecule has 0 aliphatic heterocycles. The zero-order valence-electron chi connectivity index (χ0n) is 12.3. The fourth-order valence-corrected chi connectivity index (χ4v) is 2.80. The molecule has 0 atom stereocenters. The second-order valence-corrected chi connectivity index (χ2v) is 5.44. The van der Waals surface area contributed by atoms with E-state index in [9.17, 15) is 9.18 Å². The van der Waals surface area contributed by atoms with Crippen LogP contribution in [0.25, 0.3) is 21.9 Å². The van der Waals surface area contributed by atoms with E-state index >= 15 is 0 Å². The van der Waals surface area contributed by atoms with Crippen LogP contribution in [-0.4, -0.2) is 16.1 Å². The molecule has 0 bridgehead atoms. The highest BCUT2D eigenvalue weighted by Gasteiger charge is 2.10. The van der Waals surface area contributed by atoms with Gasteiger partial charge in [-0.05, 0) is 47.2 Å². The van der Waals surface area contributed by atoms with Crippen molar-refractivity contribution in [3.05, 3.63) is 53.4 Å². The fourth-order valence-electron chi connectivity index (χ4n) is 2.53. The number of hydrogen-bond acceptors (Lipinski definition) is 3. The minimum Gasteiger partial charge on any atom is -0.282 e. The van der Waals surface area contributed by atoms with E-state index in [-0.39, 0.29) is 5.82 Å². The first-order valence-corrected chi connectivity index (χ1v) is 7.45. The first-order valence-electron chi connectivity index (χ1n) is 7.07. The molecule has 3 rings (SSSR count). The number of nitrogens with zero attached hydrogens (tertiary/aromatic N) is 2. The minimum atomic E-state index is -1.65. The van der Waals surface area contributed by atoms with Crippen molar-refractivity contribution in [2.24, 2.45) is 0 Å². The number of benzene rings is 1. The molecule has 0 saturated heterocycles. The quantitative estimate of drug-likeness (QED) is 0.542. The molecule has 4 nitrogen and oxygen atoms in total. The molecule has 0 aliphatic rings. The Labute approximate surface area is 137 Å². The maximum Gasteiger partial charge on any atom is 0.403 e. The van der Waals surface area contributed by atoms with Crippen LogP contribution in [0.1, 0.15) is 12.5 Å². The van der Waals surface area contributed by atoms with Crippen LogP contribution in [-0.2, 0) is 6.42 Å². The van der Waals surface area contributed by atoms with Crippen molar-refractivity contribution in [1.82, 2.24) is 9.97 Å². The number of hydrogen-bond donors (Lipinski definition) is 1. The number of carbonyl (C=O) groups is 1. The number of fused-ring (bicyclic) bond motifs is 1. The number of aromatic nitrogens is 2. The van der Waals surface area contributed by atoms with Gasteiger partial charge in [-0.2, -0.15) is 0 Å². The first-order chi connectivity index (χ1) is 11.1. The van der Waals surface area contributed by atoms with Crippen LogP contribution in [0.4, 0.5) is 15.0 Å². The Morgan fingerprint density at radius 1 is 1.30 bits per heavy atom. The van der Waals surface area contributed by atoms with Crippen LogP contribution in [0.2, 0.25) is 5.02 Å². The molecule has 1 aromatic carbocycles. The van der Waals surface area contributed by atoms with Crippen molar-refractivity contribution in [3.63, 3.8) is 0 Å². The summed E-state index contributed by atoms with van der Waals surface area (Å²) in [5.41, 5.74) is 3.06. The van der Waals surface area contributed by atoms with E-state index in [1.54, 1.807) is 18.5 Å². The molecule has 2 aromatic heterocycles. The van der Waals surface area contributed by atoms with Gasteiger partial charge in [0.1, 0.15) is 5.82 Å². The smallest absolute Gasteiger partial charge is 0.282 e. The summed E-state index contributed by atoms with van der Waals surface area (Å²) in [6, 6.07) is 7.33. The lowest BCUT2D eigenvalue weighted by Crippen LogP contribution is -2.03. The van der Waals surface area contributed by atoms with Crippen LogP contribution in [0.15, 0.2) is 42.9 Å². The van der Waals surface area contributed by atoms with Gasteiger partial charge in [-0.3, -0.25) is 10.3 Å². The first kappa shape index (κ1) is 15.4. The van der Waals surface area contributed by atoms with E-state index in [0.717, 1.165) is 33.9 Å². The normalized spacial score (nSPS) is 10.7. The number of pyridine rings is 2. The van der Waals surface area contributed by atoms with Gasteiger partial charge in [0, 0.05) is 29.5 Å². The van der Waals surface area contributed by atoms with Crippen LogP contribution in [0, 0.1) is 0 Å². The Balaban J connectivity index is 2.17. The number of carbonyl (C=O) groups excluding carboxylic acids is 1. The largest absolute Gasteiger partial charge is 0.403 e. The maximum absolute atomic E-state index is 12.5. The minimum absolute atomic E-state index is 0.139. The summed E-state index contributed by atoms with van der Waals surface area (Å²) in [6.07, 6.45) is 4.27. The fraction of sp³-hybridized carbons (Fsp3) is 0.118. The molecule has 6 heteroatoms. The Morgan fingerprint density at radius 2 is 2.13 bits per heavy atom. The predicted octanol–water partition coefficient (Wildman–Crippen LogP) is 5.01. The van der Waals surface area contributed by atoms with E-state index in [2.05, 4.69) is 16.9 Å². The molecule has 0 radical (unpaired) electrons. The summed E-state index contributed by atoms with van der Waals surface area (Å²) in [5, 5.41) is 4.05. The van der Waals surface area contributed by atoms with Crippen molar-refractivity contribution in [2.45, 2.75) is 13.3 Å². The zero-order chi connectivity index (χ0) is 16.4. The summed E-state index contributed by atoms with van der Waals surface area (Å²) in [7, 11) is 0.